The lowest BCUT2D eigenvalue weighted by Crippen LogP contribution is -2.03. The van der Waals surface area contributed by atoms with Gasteiger partial charge in [-0.3, -0.25) is 4.68 Å². The van der Waals surface area contributed by atoms with E-state index in [-0.39, 0.29) is 0 Å². The standard InChI is InChI=1S/C11H15N3S/c1-7-5-8(2)14(13-7)6-11-9(3)12-10(4)15-11/h5H,6H2,1-4H3. The van der Waals surface area contributed by atoms with E-state index in [9.17, 15) is 0 Å². The second-order valence-corrected chi connectivity index (χ2v) is 5.11. The van der Waals surface area contributed by atoms with Crippen molar-refractivity contribution < 1.29 is 0 Å². The molecule has 2 aromatic heterocycles. The Bertz CT molecular complexity index is 438. The van der Waals surface area contributed by atoms with Crippen LogP contribution in [0.3, 0.4) is 0 Å². The normalized spacial score (nSPS) is 10.9. The van der Waals surface area contributed by atoms with Gasteiger partial charge in [0.2, 0.25) is 0 Å². The number of aryl methyl sites for hydroxylation is 4. The molecule has 0 N–H and O–H groups in total. The van der Waals surface area contributed by atoms with Gasteiger partial charge in [0.25, 0.3) is 0 Å². The van der Waals surface area contributed by atoms with Gasteiger partial charge in [-0.15, -0.1) is 11.3 Å². The molecule has 0 saturated carbocycles. The Kier molecular flexibility index (Phi) is 2.61. The highest BCUT2D eigenvalue weighted by Crippen LogP contribution is 2.18. The molecule has 0 aliphatic carbocycles. The van der Waals surface area contributed by atoms with E-state index in [2.05, 4.69) is 30.0 Å². The highest BCUT2D eigenvalue weighted by molar-refractivity contribution is 7.11. The van der Waals surface area contributed by atoms with E-state index >= 15 is 0 Å². The lowest BCUT2D eigenvalue weighted by molar-refractivity contribution is 0.662. The fraction of sp³-hybridized carbons (Fsp3) is 0.455. The van der Waals surface area contributed by atoms with Crippen LogP contribution in [0.4, 0.5) is 0 Å². The molecule has 0 aliphatic heterocycles. The van der Waals surface area contributed by atoms with E-state index < -0.39 is 0 Å². The quantitative estimate of drug-likeness (QED) is 0.780. The molecule has 0 spiro atoms. The van der Waals surface area contributed by atoms with E-state index in [1.54, 1.807) is 11.3 Å². The zero-order valence-electron chi connectivity index (χ0n) is 9.53. The molecule has 0 aliphatic rings. The third kappa shape index (κ3) is 2.09. The van der Waals surface area contributed by atoms with Gasteiger partial charge >= 0.3 is 0 Å². The van der Waals surface area contributed by atoms with Crippen molar-refractivity contribution in [3.8, 4) is 0 Å². The van der Waals surface area contributed by atoms with E-state index in [0.717, 1.165) is 22.9 Å². The van der Waals surface area contributed by atoms with Crippen LogP contribution in [0, 0.1) is 27.7 Å². The van der Waals surface area contributed by atoms with Crippen molar-refractivity contribution in [3.63, 3.8) is 0 Å². The Morgan fingerprint density at radius 1 is 1.27 bits per heavy atom. The van der Waals surface area contributed by atoms with E-state index in [1.165, 1.54) is 10.6 Å². The smallest absolute Gasteiger partial charge is 0.0900 e. The summed E-state index contributed by atoms with van der Waals surface area (Å²) in [6.07, 6.45) is 0. The zero-order chi connectivity index (χ0) is 11.0. The predicted octanol–water partition coefficient (Wildman–Crippen LogP) is 2.62. The molecule has 0 aromatic carbocycles. The first-order chi connectivity index (χ1) is 7.06. The SMILES string of the molecule is Cc1cc(C)n(Cc2sc(C)nc2C)n1. The van der Waals surface area contributed by atoms with Crippen molar-refractivity contribution in [1.82, 2.24) is 14.8 Å². The van der Waals surface area contributed by atoms with Crippen molar-refractivity contribution in [2.45, 2.75) is 34.2 Å². The highest BCUT2D eigenvalue weighted by atomic mass is 32.1. The van der Waals surface area contributed by atoms with Crippen molar-refractivity contribution in [1.29, 1.82) is 0 Å². The van der Waals surface area contributed by atoms with Gasteiger partial charge in [0.05, 0.1) is 22.9 Å². The van der Waals surface area contributed by atoms with Gasteiger partial charge in [-0.1, -0.05) is 0 Å². The van der Waals surface area contributed by atoms with Crippen LogP contribution in [-0.2, 0) is 6.54 Å². The van der Waals surface area contributed by atoms with Gasteiger partial charge in [0, 0.05) is 10.6 Å². The fourth-order valence-electron chi connectivity index (χ4n) is 1.69. The molecule has 0 amide bonds. The average Bonchev–Trinajstić information content (AvgIpc) is 2.58. The lowest BCUT2D eigenvalue weighted by atomic mass is 10.3. The maximum Gasteiger partial charge on any atom is 0.0900 e. The van der Waals surface area contributed by atoms with Gasteiger partial charge in [-0.25, -0.2) is 4.98 Å². The molecular formula is C11H15N3S. The second kappa shape index (κ2) is 3.77. The van der Waals surface area contributed by atoms with E-state index in [1.807, 2.05) is 18.5 Å². The highest BCUT2D eigenvalue weighted by Gasteiger charge is 2.07. The molecule has 2 heterocycles. The van der Waals surface area contributed by atoms with Crippen LogP contribution in [0.15, 0.2) is 6.07 Å². The Hall–Kier alpha value is -1.16. The molecule has 0 saturated heterocycles. The Morgan fingerprint density at radius 3 is 2.47 bits per heavy atom. The number of rotatable bonds is 2. The van der Waals surface area contributed by atoms with Crippen LogP contribution >= 0.6 is 11.3 Å². The summed E-state index contributed by atoms with van der Waals surface area (Å²) in [6, 6.07) is 2.10. The topological polar surface area (TPSA) is 30.7 Å². The lowest BCUT2D eigenvalue weighted by Gasteiger charge is -2.02. The minimum absolute atomic E-state index is 0.844. The average molecular weight is 221 g/mol. The molecule has 0 atom stereocenters. The number of aromatic nitrogens is 3. The van der Waals surface area contributed by atoms with E-state index in [4.69, 9.17) is 0 Å². The molecule has 0 unspecified atom stereocenters. The maximum absolute atomic E-state index is 4.45. The first-order valence-corrected chi connectivity index (χ1v) is 5.82. The molecule has 4 heteroatoms. The molecule has 3 nitrogen and oxygen atoms in total. The summed E-state index contributed by atoms with van der Waals surface area (Å²) in [5.41, 5.74) is 3.41. The fourth-order valence-corrected chi connectivity index (χ4v) is 2.61. The van der Waals surface area contributed by atoms with Crippen molar-refractivity contribution >= 4 is 11.3 Å². The summed E-state index contributed by atoms with van der Waals surface area (Å²) in [4.78, 5) is 5.73. The molecular weight excluding hydrogens is 206 g/mol. The third-order valence-electron chi connectivity index (χ3n) is 2.40. The van der Waals surface area contributed by atoms with Gasteiger partial charge < -0.3 is 0 Å². The molecule has 2 rings (SSSR count). The number of nitrogens with zero attached hydrogens (tertiary/aromatic N) is 3. The van der Waals surface area contributed by atoms with Crippen LogP contribution in [-0.4, -0.2) is 14.8 Å². The summed E-state index contributed by atoms with van der Waals surface area (Å²) >= 11 is 1.76. The molecule has 2 aromatic rings. The Labute approximate surface area is 93.8 Å². The van der Waals surface area contributed by atoms with Crippen LogP contribution in [0.25, 0.3) is 0 Å². The predicted molar refractivity (Wildman–Crippen MR) is 62.4 cm³/mol. The van der Waals surface area contributed by atoms with Crippen LogP contribution in [0.2, 0.25) is 0 Å². The van der Waals surface area contributed by atoms with Crippen molar-refractivity contribution in [2.24, 2.45) is 0 Å². The number of hydrogen-bond donors (Lipinski definition) is 0. The zero-order valence-corrected chi connectivity index (χ0v) is 10.4. The minimum Gasteiger partial charge on any atom is -0.264 e. The Morgan fingerprint density at radius 2 is 2.00 bits per heavy atom. The molecule has 0 fully saturated rings. The van der Waals surface area contributed by atoms with Crippen molar-refractivity contribution in [3.05, 3.63) is 33.0 Å². The molecule has 15 heavy (non-hydrogen) atoms. The Balaban J connectivity index is 2.29. The molecule has 80 valence electrons. The van der Waals surface area contributed by atoms with Gasteiger partial charge in [-0.05, 0) is 33.8 Å². The van der Waals surface area contributed by atoms with Gasteiger partial charge in [0.1, 0.15) is 0 Å². The first kappa shape index (κ1) is 10.4. The van der Waals surface area contributed by atoms with Crippen LogP contribution in [0.1, 0.15) is 27.0 Å². The summed E-state index contributed by atoms with van der Waals surface area (Å²) in [5, 5.41) is 5.58. The number of thiazole rings is 1. The summed E-state index contributed by atoms with van der Waals surface area (Å²) in [5.74, 6) is 0. The van der Waals surface area contributed by atoms with Crippen LogP contribution in [0.5, 0.6) is 0 Å². The second-order valence-electron chi connectivity index (χ2n) is 3.83. The summed E-state index contributed by atoms with van der Waals surface area (Å²) in [6.45, 7) is 9.06. The largest absolute Gasteiger partial charge is 0.264 e. The van der Waals surface area contributed by atoms with Gasteiger partial charge in [0.15, 0.2) is 0 Å². The molecule has 0 bridgehead atoms. The summed E-state index contributed by atoms with van der Waals surface area (Å²) in [7, 11) is 0. The van der Waals surface area contributed by atoms with Crippen molar-refractivity contribution in [2.75, 3.05) is 0 Å². The summed E-state index contributed by atoms with van der Waals surface area (Å²) < 4.78 is 2.04. The number of hydrogen-bond acceptors (Lipinski definition) is 3. The molecule has 0 radical (unpaired) electrons. The monoisotopic (exact) mass is 221 g/mol. The van der Waals surface area contributed by atoms with Crippen LogP contribution < -0.4 is 0 Å². The minimum atomic E-state index is 0.844. The maximum atomic E-state index is 4.45. The first-order valence-electron chi connectivity index (χ1n) is 5.00. The van der Waals surface area contributed by atoms with Gasteiger partial charge in [-0.2, -0.15) is 5.10 Å². The van der Waals surface area contributed by atoms with E-state index in [0.29, 0.717) is 0 Å². The third-order valence-corrected chi connectivity index (χ3v) is 3.45.